The second-order valence-electron chi connectivity index (χ2n) is 8.62. The molecule has 4 aromatic rings. The molecule has 0 radical (unpaired) electrons. The number of benzene rings is 1. The Balaban J connectivity index is 1.22. The number of aromatic nitrogens is 7. The van der Waals surface area contributed by atoms with Crippen LogP contribution in [-0.4, -0.2) is 58.1 Å². The maximum atomic E-state index is 13.0. The first-order chi connectivity index (χ1) is 16.1. The van der Waals surface area contributed by atoms with Gasteiger partial charge in [-0.1, -0.05) is 24.3 Å². The number of hydrogen-bond donors (Lipinski definition) is 2. The molecule has 168 valence electrons. The van der Waals surface area contributed by atoms with Crippen LogP contribution in [0.2, 0.25) is 0 Å². The average Bonchev–Trinajstić information content (AvgIpc) is 3.51. The zero-order valence-corrected chi connectivity index (χ0v) is 18.2. The minimum absolute atomic E-state index is 0.0699. The minimum atomic E-state index is -0.278. The molecule has 6 rings (SSSR count). The number of rotatable bonds is 4. The smallest absolute Gasteiger partial charge is 0.278 e. The van der Waals surface area contributed by atoms with Crippen molar-refractivity contribution in [3.8, 4) is 0 Å². The SMILES string of the molecule is Cn1c2nc(NC3Cc4ccccc4C3)ncc2c(=O)n1CC(=O)N1CCc2n[nH]nc2C1. The summed E-state index contributed by atoms with van der Waals surface area (Å²) in [5, 5.41) is 14.6. The van der Waals surface area contributed by atoms with Gasteiger partial charge in [-0.3, -0.25) is 14.3 Å². The standard InChI is InChI=1S/C22H23N9O2/c1-29-20-16(10-23-22(25-20)24-15-8-13-4-2-3-5-14(13)9-15)21(33)31(29)12-19(32)30-7-6-17-18(11-30)27-28-26-17/h2-5,10,15H,6-9,11-12H2,1H3,(H,23,24,25)(H,26,27,28). The number of H-pyrrole nitrogens is 1. The number of amides is 1. The first-order valence-corrected chi connectivity index (χ1v) is 11.0. The third-order valence-corrected chi connectivity index (χ3v) is 6.59. The summed E-state index contributed by atoms with van der Waals surface area (Å²) in [4.78, 5) is 36.6. The van der Waals surface area contributed by atoms with E-state index in [9.17, 15) is 9.59 Å². The number of carbonyl (C=O) groups excluding carboxylic acids is 1. The number of aromatic amines is 1. The van der Waals surface area contributed by atoms with Gasteiger partial charge in [0.25, 0.3) is 5.56 Å². The van der Waals surface area contributed by atoms with Crippen molar-refractivity contribution in [2.45, 2.75) is 38.4 Å². The number of nitrogens with zero attached hydrogens (tertiary/aromatic N) is 7. The van der Waals surface area contributed by atoms with Crippen molar-refractivity contribution in [2.24, 2.45) is 7.05 Å². The molecule has 0 bridgehead atoms. The van der Waals surface area contributed by atoms with Gasteiger partial charge in [0, 0.05) is 32.3 Å². The molecule has 33 heavy (non-hydrogen) atoms. The van der Waals surface area contributed by atoms with E-state index >= 15 is 0 Å². The molecule has 11 heteroatoms. The molecule has 2 N–H and O–H groups in total. The first-order valence-electron chi connectivity index (χ1n) is 11.0. The Kier molecular flexibility index (Phi) is 4.49. The van der Waals surface area contributed by atoms with Crippen LogP contribution < -0.4 is 10.9 Å². The molecular formula is C22H23N9O2. The Morgan fingerprint density at radius 2 is 1.94 bits per heavy atom. The fourth-order valence-corrected chi connectivity index (χ4v) is 4.79. The molecule has 1 amide bonds. The van der Waals surface area contributed by atoms with E-state index in [1.165, 1.54) is 15.8 Å². The van der Waals surface area contributed by atoms with Crippen molar-refractivity contribution in [1.82, 2.24) is 39.6 Å². The molecule has 1 aliphatic heterocycles. The van der Waals surface area contributed by atoms with Crippen molar-refractivity contribution in [1.29, 1.82) is 0 Å². The fraction of sp³-hybridized carbons (Fsp3) is 0.364. The Morgan fingerprint density at radius 3 is 2.73 bits per heavy atom. The number of fused-ring (bicyclic) bond motifs is 3. The quantitative estimate of drug-likeness (QED) is 0.466. The Morgan fingerprint density at radius 1 is 1.18 bits per heavy atom. The van der Waals surface area contributed by atoms with Gasteiger partial charge in [-0.15, -0.1) is 0 Å². The number of nitrogens with one attached hydrogen (secondary N) is 2. The maximum Gasteiger partial charge on any atom is 0.278 e. The molecule has 0 fully saturated rings. The van der Waals surface area contributed by atoms with Crippen molar-refractivity contribution >= 4 is 22.9 Å². The molecule has 0 saturated carbocycles. The molecule has 1 aliphatic carbocycles. The molecular weight excluding hydrogens is 422 g/mol. The van der Waals surface area contributed by atoms with E-state index in [-0.39, 0.29) is 24.1 Å². The van der Waals surface area contributed by atoms with Crippen LogP contribution in [0, 0.1) is 0 Å². The summed E-state index contributed by atoms with van der Waals surface area (Å²) >= 11 is 0. The van der Waals surface area contributed by atoms with Crippen LogP contribution in [0.4, 0.5) is 5.95 Å². The Bertz CT molecular complexity index is 1410. The van der Waals surface area contributed by atoms with Crippen molar-refractivity contribution in [3.63, 3.8) is 0 Å². The predicted octanol–water partition coefficient (Wildman–Crippen LogP) is 0.412. The van der Waals surface area contributed by atoms with Gasteiger partial charge in [0.2, 0.25) is 11.9 Å². The second-order valence-corrected chi connectivity index (χ2v) is 8.62. The van der Waals surface area contributed by atoms with E-state index in [4.69, 9.17) is 0 Å². The summed E-state index contributed by atoms with van der Waals surface area (Å²) in [6.45, 7) is 0.870. The monoisotopic (exact) mass is 445 g/mol. The highest BCUT2D eigenvalue weighted by molar-refractivity contribution is 5.78. The third-order valence-electron chi connectivity index (χ3n) is 6.59. The summed E-state index contributed by atoms with van der Waals surface area (Å²) in [6, 6.07) is 8.61. The summed E-state index contributed by atoms with van der Waals surface area (Å²) in [5.41, 5.74) is 4.56. The van der Waals surface area contributed by atoms with Gasteiger partial charge in [-0.25, -0.2) is 9.67 Å². The topological polar surface area (TPSA) is 127 Å². The second kappa shape index (κ2) is 7.54. The van der Waals surface area contributed by atoms with Gasteiger partial charge in [0.1, 0.15) is 17.6 Å². The molecule has 3 aromatic heterocycles. The van der Waals surface area contributed by atoms with E-state index in [0.29, 0.717) is 36.5 Å². The average molecular weight is 445 g/mol. The van der Waals surface area contributed by atoms with Gasteiger partial charge < -0.3 is 10.2 Å². The molecule has 4 heterocycles. The number of anilines is 1. The minimum Gasteiger partial charge on any atom is -0.351 e. The van der Waals surface area contributed by atoms with Crippen molar-refractivity contribution < 1.29 is 4.79 Å². The highest BCUT2D eigenvalue weighted by atomic mass is 16.2. The molecule has 0 saturated heterocycles. The van der Waals surface area contributed by atoms with Crippen LogP contribution in [0.1, 0.15) is 22.5 Å². The van der Waals surface area contributed by atoms with Gasteiger partial charge >= 0.3 is 0 Å². The van der Waals surface area contributed by atoms with Gasteiger partial charge in [-0.05, 0) is 24.0 Å². The van der Waals surface area contributed by atoms with E-state index < -0.39 is 0 Å². The maximum absolute atomic E-state index is 13.0. The third kappa shape index (κ3) is 3.36. The number of aryl methyl sites for hydroxylation is 1. The van der Waals surface area contributed by atoms with Crippen LogP contribution in [0.25, 0.3) is 11.0 Å². The highest BCUT2D eigenvalue weighted by Gasteiger charge is 2.26. The van der Waals surface area contributed by atoms with Gasteiger partial charge in [-0.2, -0.15) is 20.4 Å². The largest absolute Gasteiger partial charge is 0.351 e. The molecule has 0 unspecified atom stereocenters. The first kappa shape index (κ1) is 19.6. The lowest BCUT2D eigenvalue weighted by atomic mass is 10.1. The summed E-state index contributed by atoms with van der Waals surface area (Å²) in [5.74, 6) is 0.334. The van der Waals surface area contributed by atoms with Crippen LogP contribution in [-0.2, 0) is 44.2 Å². The van der Waals surface area contributed by atoms with E-state index in [0.717, 1.165) is 24.2 Å². The van der Waals surface area contributed by atoms with E-state index in [2.05, 4.69) is 55.0 Å². The molecule has 0 spiro atoms. The summed E-state index contributed by atoms with van der Waals surface area (Å²) in [7, 11) is 1.74. The van der Waals surface area contributed by atoms with Gasteiger partial charge in [0.15, 0.2) is 5.65 Å². The Hall–Kier alpha value is -4.02. The molecule has 1 aromatic carbocycles. The van der Waals surface area contributed by atoms with Crippen LogP contribution >= 0.6 is 0 Å². The lowest BCUT2D eigenvalue weighted by Crippen LogP contribution is -2.40. The predicted molar refractivity (Wildman–Crippen MR) is 120 cm³/mol. The van der Waals surface area contributed by atoms with E-state index in [1.54, 1.807) is 22.8 Å². The Labute approximate surface area is 188 Å². The zero-order valence-electron chi connectivity index (χ0n) is 18.2. The molecule has 2 aliphatic rings. The van der Waals surface area contributed by atoms with Crippen LogP contribution in [0.15, 0.2) is 35.3 Å². The normalized spacial score (nSPS) is 15.6. The number of hydrogen-bond acceptors (Lipinski definition) is 7. The summed E-state index contributed by atoms with van der Waals surface area (Å²) in [6.07, 6.45) is 4.01. The van der Waals surface area contributed by atoms with Crippen molar-refractivity contribution in [2.75, 3.05) is 11.9 Å². The molecule has 0 atom stereocenters. The highest BCUT2D eigenvalue weighted by Crippen LogP contribution is 2.24. The van der Waals surface area contributed by atoms with Crippen molar-refractivity contribution in [3.05, 3.63) is 63.3 Å². The van der Waals surface area contributed by atoms with Crippen LogP contribution in [0.5, 0.6) is 0 Å². The zero-order chi connectivity index (χ0) is 22.5. The fourth-order valence-electron chi connectivity index (χ4n) is 4.79. The van der Waals surface area contributed by atoms with Gasteiger partial charge in [0.05, 0.1) is 12.2 Å². The van der Waals surface area contributed by atoms with E-state index in [1.807, 2.05) is 0 Å². The lowest BCUT2D eigenvalue weighted by molar-refractivity contribution is -0.133. The molecule has 11 nitrogen and oxygen atoms in total. The lowest BCUT2D eigenvalue weighted by Gasteiger charge is -2.25. The van der Waals surface area contributed by atoms with Crippen LogP contribution in [0.3, 0.4) is 0 Å². The summed E-state index contributed by atoms with van der Waals surface area (Å²) < 4.78 is 3.05. The number of carbonyl (C=O) groups is 1.